The van der Waals surface area contributed by atoms with Crippen LogP contribution in [0.1, 0.15) is 16.1 Å². The largest absolute Gasteiger partial charge is 0.321 e. The number of aromatic nitrogens is 2. The average molecular weight is 399 g/mol. The van der Waals surface area contributed by atoms with Crippen molar-refractivity contribution in [3.8, 4) is 5.69 Å². The predicted molar refractivity (Wildman–Crippen MR) is 103 cm³/mol. The number of amides is 1. The van der Waals surface area contributed by atoms with E-state index in [1.54, 1.807) is 16.9 Å². The summed E-state index contributed by atoms with van der Waals surface area (Å²) in [7, 11) is 4.03. The fourth-order valence-corrected chi connectivity index (χ4v) is 2.75. The van der Waals surface area contributed by atoms with Crippen molar-refractivity contribution in [2.24, 2.45) is 0 Å². The van der Waals surface area contributed by atoms with Gasteiger partial charge in [0.1, 0.15) is 0 Å². The van der Waals surface area contributed by atoms with Gasteiger partial charge >= 0.3 is 0 Å². The van der Waals surface area contributed by atoms with Crippen molar-refractivity contribution in [1.82, 2.24) is 14.7 Å². The Morgan fingerprint density at radius 2 is 1.92 bits per heavy atom. The lowest BCUT2D eigenvalue weighted by molar-refractivity contribution is 0.102. The van der Waals surface area contributed by atoms with E-state index in [0.29, 0.717) is 5.69 Å². The van der Waals surface area contributed by atoms with E-state index >= 15 is 0 Å². The van der Waals surface area contributed by atoms with Gasteiger partial charge in [0, 0.05) is 22.9 Å². The third kappa shape index (κ3) is 4.55. The molecule has 6 heteroatoms. The van der Waals surface area contributed by atoms with Crippen LogP contribution in [0.3, 0.4) is 0 Å². The molecule has 0 unspecified atom stereocenters. The van der Waals surface area contributed by atoms with Gasteiger partial charge in [0.2, 0.25) is 0 Å². The van der Waals surface area contributed by atoms with Gasteiger partial charge in [0.25, 0.3) is 5.91 Å². The van der Waals surface area contributed by atoms with Gasteiger partial charge in [-0.05, 0) is 62.1 Å². The summed E-state index contributed by atoms with van der Waals surface area (Å²) < 4.78 is 2.68. The fraction of sp³-hybridized carbons (Fsp3) is 0.158. The predicted octanol–water partition coefficient (Wildman–Crippen LogP) is 3.95. The summed E-state index contributed by atoms with van der Waals surface area (Å²) in [5.41, 5.74) is 3.18. The summed E-state index contributed by atoms with van der Waals surface area (Å²) in [4.78, 5) is 14.5. The summed E-state index contributed by atoms with van der Waals surface area (Å²) in [5.74, 6) is -0.224. The minimum Gasteiger partial charge on any atom is -0.321 e. The molecule has 128 valence electrons. The van der Waals surface area contributed by atoms with E-state index in [-0.39, 0.29) is 5.91 Å². The zero-order valence-electron chi connectivity index (χ0n) is 14.1. The van der Waals surface area contributed by atoms with Crippen LogP contribution in [0.15, 0.2) is 65.3 Å². The van der Waals surface area contributed by atoms with Crippen LogP contribution < -0.4 is 5.32 Å². The first-order valence-electron chi connectivity index (χ1n) is 7.88. The van der Waals surface area contributed by atoms with Crippen LogP contribution in [0.25, 0.3) is 5.69 Å². The first-order chi connectivity index (χ1) is 12.0. The number of halogens is 1. The Bertz CT molecular complexity index is 871. The monoisotopic (exact) mass is 398 g/mol. The molecule has 0 aliphatic rings. The van der Waals surface area contributed by atoms with Gasteiger partial charge in [-0.3, -0.25) is 4.79 Å². The summed E-state index contributed by atoms with van der Waals surface area (Å²) in [6.45, 7) is 0.821. The molecule has 2 aromatic carbocycles. The zero-order valence-corrected chi connectivity index (χ0v) is 15.7. The van der Waals surface area contributed by atoms with Crippen LogP contribution in [0.2, 0.25) is 0 Å². The van der Waals surface area contributed by atoms with Crippen LogP contribution >= 0.6 is 15.9 Å². The highest BCUT2D eigenvalue weighted by Gasteiger charge is 2.11. The van der Waals surface area contributed by atoms with Crippen molar-refractivity contribution in [3.05, 3.63) is 76.5 Å². The van der Waals surface area contributed by atoms with E-state index in [1.807, 2.05) is 62.6 Å². The Labute approximate surface area is 155 Å². The highest BCUT2D eigenvalue weighted by Crippen LogP contribution is 2.15. The van der Waals surface area contributed by atoms with Gasteiger partial charge in [0.05, 0.1) is 5.69 Å². The molecule has 0 aliphatic carbocycles. The number of rotatable bonds is 5. The van der Waals surface area contributed by atoms with Crippen molar-refractivity contribution in [3.63, 3.8) is 0 Å². The molecule has 0 atom stereocenters. The molecule has 0 fully saturated rings. The standard InChI is InChI=1S/C19H19BrN4O/c1-23(2)13-14-4-3-5-16(12-14)21-19(25)18-10-11-24(22-18)17-8-6-15(20)7-9-17/h3-12H,13H2,1-2H3,(H,21,25). The zero-order chi connectivity index (χ0) is 17.8. The number of hydrogen-bond donors (Lipinski definition) is 1. The number of nitrogens with zero attached hydrogens (tertiary/aromatic N) is 3. The van der Waals surface area contributed by atoms with Crippen LogP contribution in [0.4, 0.5) is 5.69 Å². The molecular formula is C19H19BrN4O. The second-order valence-electron chi connectivity index (χ2n) is 6.01. The van der Waals surface area contributed by atoms with Gasteiger partial charge in [-0.15, -0.1) is 0 Å². The Kier molecular flexibility index (Phi) is 5.31. The lowest BCUT2D eigenvalue weighted by Crippen LogP contribution is -2.14. The highest BCUT2D eigenvalue weighted by atomic mass is 79.9. The summed E-state index contributed by atoms with van der Waals surface area (Å²) in [5, 5.41) is 7.26. The first kappa shape index (κ1) is 17.4. The van der Waals surface area contributed by atoms with Crippen LogP contribution in [0, 0.1) is 0 Å². The molecule has 0 saturated heterocycles. The third-order valence-corrected chi connectivity index (χ3v) is 4.13. The summed E-state index contributed by atoms with van der Waals surface area (Å²) in [6, 6.07) is 17.3. The Morgan fingerprint density at radius 1 is 1.16 bits per heavy atom. The number of benzene rings is 2. The normalized spacial score (nSPS) is 10.9. The topological polar surface area (TPSA) is 50.2 Å². The molecule has 1 aromatic heterocycles. The van der Waals surface area contributed by atoms with E-state index in [0.717, 1.165) is 28.0 Å². The van der Waals surface area contributed by atoms with Crippen molar-refractivity contribution < 1.29 is 4.79 Å². The molecule has 0 saturated carbocycles. The second kappa shape index (κ2) is 7.63. The lowest BCUT2D eigenvalue weighted by Gasteiger charge is -2.11. The molecule has 0 spiro atoms. The Balaban J connectivity index is 1.73. The molecule has 1 amide bonds. The van der Waals surface area contributed by atoms with Crippen molar-refractivity contribution in [2.75, 3.05) is 19.4 Å². The molecule has 1 N–H and O–H groups in total. The molecule has 0 aliphatic heterocycles. The fourth-order valence-electron chi connectivity index (χ4n) is 2.49. The molecule has 0 radical (unpaired) electrons. The highest BCUT2D eigenvalue weighted by molar-refractivity contribution is 9.10. The van der Waals surface area contributed by atoms with E-state index < -0.39 is 0 Å². The molecule has 0 bridgehead atoms. The van der Waals surface area contributed by atoms with E-state index in [4.69, 9.17) is 0 Å². The quantitative estimate of drug-likeness (QED) is 0.707. The average Bonchev–Trinajstić information content (AvgIpc) is 3.05. The molecule has 3 rings (SSSR count). The lowest BCUT2D eigenvalue weighted by atomic mass is 10.2. The summed E-state index contributed by atoms with van der Waals surface area (Å²) >= 11 is 3.41. The van der Waals surface area contributed by atoms with Crippen molar-refractivity contribution in [1.29, 1.82) is 0 Å². The van der Waals surface area contributed by atoms with Crippen LogP contribution in [-0.4, -0.2) is 34.7 Å². The van der Waals surface area contributed by atoms with Crippen molar-refractivity contribution in [2.45, 2.75) is 6.54 Å². The molecule has 3 aromatic rings. The molecule has 5 nitrogen and oxygen atoms in total. The summed E-state index contributed by atoms with van der Waals surface area (Å²) in [6.07, 6.45) is 1.78. The van der Waals surface area contributed by atoms with Gasteiger partial charge in [0.15, 0.2) is 5.69 Å². The van der Waals surface area contributed by atoms with Crippen molar-refractivity contribution >= 4 is 27.5 Å². The number of nitrogens with one attached hydrogen (secondary N) is 1. The minimum atomic E-state index is -0.224. The molecular weight excluding hydrogens is 380 g/mol. The minimum absolute atomic E-state index is 0.224. The second-order valence-corrected chi connectivity index (χ2v) is 6.93. The van der Waals surface area contributed by atoms with E-state index in [1.165, 1.54) is 0 Å². The molecule has 1 heterocycles. The Hall–Kier alpha value is -2.44. The number of hydrogen-bond acceptors (Lipinski definition) is 3. The maximum atomic E-state index is 12.4. The Morgan fingerprint density at radius 3 is 2.64 bits per heavy atom. The maximum absolute atomic E-state index is 12.4. The SMILES string of the molecule is CN(C)Cc1cccc(NC(=O)c2ccn(-c3ccc(Br)cc3)n2)c1. The smallest absolute Gasteiger partial charge is 0.276 e. The van der Waals surface area contributed by atoms with Crippen LogP contribution in [-0.2, 0) is 6.54 Å². The number of anilines is 1. The van der Waals surface area contributed by atoms with Gasteiger partial charge in [-0.25, -0.2) is 4.68 Å². The molecule has 25 heavy (non-hydrogen) atoms. The van der Waals surface area contributed by atoms with E-state index in [2.05, 4.69) is 31.2 Å². The van der Waals surface area contributed by atoms with Gasteiger partial charge in [-0.2, -0.15) is 5.10 Å². The van der Waals surface area contributed by atoms with Crippen LogP contribution in [0.5, 0.6) is 0 Å². The third-order valence-electron chi connectivity index (χ3n) is 3.60. The van der Waals surface area contributed by atoms with Gasteiger partial charge in [-0.1, -0.05) is 28.1 Å². The maximum Gasteiger partial charge on any atom is 0.276 e. The van der Waals surface area contributed by atoms with Gasteiger partial charge < -0.3 is 10.2 Å². The number of carbonyl (C=O) groups excluding carboxylic acids is 1. The number of carbonyl (C=O) groups is 1. The van der Waals surface area contributed by atoms with E-state index in [9.17, 15) is 4.79 Å². The first-order valence-corrected chi connectivity index (χ1v) is 8.67.